The van der Waals surface area contributed by atoms with E-state index >= 15 is 0 Å². The van der Waals surface area contributed by atoms with Crippen molar-refractivity contribution in [2.45, 2.75) is 17.9 Å². The molecule has 0 saturated carbocycles. The number of carbonyl (C=O) groups excluding carboxylic acids is 1. The Morgan fingerprint density at radius 3 is 2.68 bits per heavy atom. The zero-order valence-electron chi connectivity index (χ0n) is 16.4. The number of carbonyl (C=O) groups is 1. The highest BCUT2D eigenvalue weighted by Crippen LogP contribution is 2.24. The van der Waals surface area contributed by atoms with Gasteiger partial charge < -0.3 is 9.64 Å². The van der Waals surface area contributed by atoms with Crippen LogP contribution in [0.15, 0.2) is 52.2 Å². The van der Waals surface area contributed by atoms with E-state index in [-0.39, 0.29) is 34.3 Å². The van der Waals surface area contributed by atoms with Gasteiger partial charge in [0.2, 0.25) is 5.91 Å². The van der Waals surface area contributed by atoms with Crippen LogP contribution in [0.25, 0.3) is 10.2 Å². The Morgan fingerprint density at radius 1 is 1.16 bits per heavy atom. The monoisotopic (exact) mass is 465 g/mol. The molecule has 4 rings (SSSR count). The lowest BCUT2D eigenvalue weighted by Crippen LogP contribution is -2.41. The normalized spacial score (nSPS) is 14.7. The topological polar surface area (TPSA) is 97.7 Å². The van der Waals surface area contributed by atoms with Crippen LogP contribution in [0.2, 0.25) is 0 Å². The van der Waals surface area contributed by atoms with Crippen molar-refractivity contribution < 1.29 is 22.3 Å². The molecule has 8 nitrogen and oxygen atoms in total. The molecule has 2 heterocycles. The highest BCUT2D eigenvalue weighted by atomic mass is 32.2. The number of amides is 1. The maximum atomic E-state index is 13.3. The molecule has 0 radical (unpaired) electrons. The SMILES string of the molecule is O=C(CCn1c(=O)sc2cc(S(=O)(=O)Nc3cccc(F)c3)ccc21)N1CCOCC1. The van der Waals surface area contributed by atoms with Gasteiger partial charge in [-0.1, -0.05) is 17.4 Å². The fraction of sp³-hybridized carbons (Fsp3) is 0.300. The van der Waals surface area contributed by atoms with E-state index in [2.05, 4.69) is 4.72 Å². The number of hydrogen-bond acceptors (Lipinski definition) is 6. The van der Waals surface area contributed by atoms with E-state index in [0.717, 1.165) is 17.4 Å². The number of hydrogen-bond donors (Lipinski definition) is 1. The predicted molar refractivity (Wildman–Crippen MR) is 115 cm³/mol. The van der Waals surface area contributed by atoms with Gasteiger partial charge in [-0.25, -0.2) is 12.8 Å². The third kappa shape index (κ3) is 4.78. The van der Waals surface area contributed by atoms with Crippen molar-refractivity contribution in [2.24, 2.45) is 0 Å². The van der Waals surface area contributed by atoms with Crippen molar-refractivity contribution >= 4 is 43.2 Å². The van der Waals surface area contributed by atoms with E-state index in [1.807, 2.05) is 0 Å². The first-order valence-electron chi connectivity index (χ1n) is 9.61. The van der Waals surface area contributed by atoms with Gasteiger partial charge in [-0.3, -0.25) is 18.9 Å². The Bertz CT molecular complexity index is 1280. The molecule has 164 valence electrons. The van der Waals surface area contributed by atoms with Crippen molar-refractivity contribution in [1.29, 1.82) is 0 Å². The van der Waals surface area contributed by atoms with E-state index in [9.17, 15) is 22.4 Å². The fourth-order valence-electron chi connectivity index (χ4n) is 3.37. The predicted octanol–water partition coefficient (Wildman–Crippen LogP) is 2.25. The highest BCUT2D eigenvalue weighted by molar-refractivity contribution is 7.92. The van der Waals surface area contributed by atoms with Crippen LogP contribution in [-0.2, 0) is 26.1 Å². The third-order valence-electron chi connectivity index (χ3n) is 4.94. The molecular formula is C20H20FN3O5S2. The van der Waals surface area contributed by atoms with Crippen LogP contribution in [-0.4, -0.2) is 50.1 Å². The minimum atomic E-state index is -3.96. The molecule has 0 unspecified atom stereocenters. The van der Waals surface area contributed by atoms with Crippen molar-refractivity contribution in [3.63, 3.8) is 0 Å². The van der Waals surface area contributed by atoms with Gasteiger partial charge >= 0.3 is 4.87 Å². The first-order valence-corrected chi connectivity index (χ1v) is 11.9. The van der Waals surface area contributed by atoms with E-state index in [4.69, 9.17) is 4.74 Å². The molecule has 31 heavy (non-hydrogen) atoms. The minimum absolute atomic E-state index is 0.0398. The molecule has 0 atom stereocenters. The number of sulfonamides is 1. The molecule has 3 aromatic rings. The van der Waals surface area contributed by atoms with E-state index in [1.165, 1.54) is 34.9 Å². The summed E-state index contributed by atoms with van der Waals surface area (Å²) < 4.78 is 48.2. The number of fused-ring (bicyclic) bond motifs is 1. The number of rotatable bonds is 6. The average Bonchev–Trinajstić information content (AvgIpc) is 3.06. The maximum absolute atomic E-state index is 13.3. The molecule has 1 fully saturated rings. The number of thiazole rings is 1. The second kappa shape index (κ2) is 8.77. The minimum Gasteiger partial charge on any atom is -0.378 e. The summed E-state index contributed by atoms with van der Waals surface area (Å²) in [6.45, 7) is 2.31. The second-order valence-corrected chi connectivity index (χ2v) is 9.68. The summed E-state index contributed by atoms with van der Waals surface area (Å²) in [6.07, 6.45) is 0.174. The largest absolute Gasteiger partial charge is 0.378 e. The lowest BCUT2D eigenvalue weighted by Gasteiger charge is -2.26. The molecule has 0 aliphatic carbocycles. The van der Waals surface area contributed by atoms with Crippen molar-refractivity contribution in [3.05, 3.63) is 57.9 Å². The molecule has 1 N–H and O–H groups in total. The number of aromatic nitrogens is 1. The summed E-state index contributed by atoms with van der Waals surface area (Å²) in [7, 11) is -3.96. The Hall–Kier alpha value is -2.76. The molecule has 0 spiro atoms. The van der Waals surface area contributed by atoms with Crippen LogP contribution < -0.4 is 9.60 Å². The molecule has 11 heteroatoms. The number of nitrogens with zero attached hydrogens (tertiary/aromatic N) is 2. The van der Waals surface area contributed by atoms with Crippen LogP contribution in [0, 0.1) is 5.82 Å². The Morgan fingerprint density at radius 2 is 1.94 bits per heavy atom. The molecule has 1 amide bonds. The number of morpholine rings is 1. The number of nitrogens with one attached hydrogen (secondary N) is 1. The summed E-state index contributed by atoms with van der Waals surface area (Å²) in [5.74, 6) is -0.606. The summed E-state index contributed by atoms with van der Waals surface area (Å²) in [5.41, 5.74) is 0.668. The fourth-order valence-corrected chi connectivity index (χ4v) is 5.48. The van der Waals surface area contributed by atoms with Crippen molar-refractivity contribution in [1.82, 2.24) is 9.47 Å². The van der Waals surface area contributed by atoms with Crippen LogP contribution in [0.5, 0.6) is 0 Å². The molecule has 2 aromatic carbocycles. The van der Waals surface area contributed by atoms with Crippen LogP contribution in [0.4, 0.5) is 10.1 Å². The van der Waals surface area contributed by atoms with Gasteiger partial charge in [-0.2, -0.15) is 0 Å². The van der Waals surface area contributed by atoms with Gasteiger partial charge in [0, 0.05) is 26.1 Å². The third-order valence-corrected chi connectivity index (χ3v) is 7.26. The molecule has 1 aromatic heterocycles. The lowest BCUT2D eigenvalue weighted by atomic mass is 10.3. The Kier molecular flexibility index (Phi) is 6.08. The van der Waals surface area contributed by atoms with Gasteiger partial charge in [-0.15, -0.1) is 0 Å². The average molecular weight is 466 g/mol. The number of benzene rings is 2. The Labute approximate surface area is 181 Å². The lowest BCUT2D eigenvalue weighted by molar-refractivity contribution is -0.135. The molecule has 1 saturated heterocycles. The summed E-state index contributed by atoms with van der Waals surface area (Å²) >= 11 is 0.915. The van der Waals surface area contributed by atoms with Crippen molar-refractivity contribution in [2.75, 3.05) is 31.0 Å². The van der Waals surface area contributed by atoms with Gasteiger partial charge in [0.1, 0.15) is 5.82 Å². The summed E-state index contributed by atoms with van der Waals surface area (Å²) in [6, 6.07) is 9.48. The number of halogens is 1. The first kappa shape index (κ1) is 21.5. The summed E-state index contributed by atoms with van der Waals surface area (Å²) in [5, 5.41) is 0. The van der Waals surface area contributed by atoms with E-state index < -0.39 is 15.8 Å². The second-order valence-electron chi connectivity index (χ2n) is 7.01. The van der Waals surface area contributed by atoms with E-state index in [1.54, 1.807) is 11.0 Å². The first-order chi connectivity index (χ1) is 14.8. The quantitative estimate of drug-likeness (QED) is 0.602. The molecule has 1 aliphatic heterocycles. The molecule has 1 aliphatic rings. The summed E-state index contributed by atoms with van der Waals surface area (Å²) in [4.78, 5) is 26.2. The molecule has 0 bridgehead atoms. The number of aryl methyl sites for hydroxylation is 1. The van der Waals surface area contributed by atoms with Gasteiger partial charge in [0.05, 0.1) is 34.0 Å². The standard InChI is InChI=1S/C20H20FN3O5S2/c21-14-2-1-3-15(12-14)22-31(27,28)16-4-5-17-18(13-16)30-20(26)24(17)7-6-19(25)23-8-10-29-11-9-23/h1-5,12-13,22H,6-11H2. The van der Waals surface area contributed by atoms with Crippen molar-refractivity contribution in [3.8, 4) is 0 Å². The van der Waals surface area contributed by atoms with Crippen LogP contribution >= 0.6 is 11.3 Å². The van der Waals surface area contributed by atoms with Gasteiger partial charge in [0.15, 0.2) is 0 Å². The van der Waals surface area contributed by atoms with Gasteiger partial charge in [0.25, 0.3) is 10.0 Å². The van der Waals surface area contributed by atoms with Gasteiger partial charge in [-0.05, 0) is 36.4 Å². The smallest absolute Gasteiger partial charge is 0.308 e. The van der Waals surface area contributed by atoms with E-state index in [0.29, 0.717) is 36.5 Å². The highest BCUT2D eigenvalue weighted by Gasteiger charge is 2.20. The number of ether oxygens (including phenoxy) is 1. The molecular weight excluding hydrogens is 445 g/mol. The van der Waals surface area contributed by atoms with Crippen LogP contribution in [0.1, 0.15) is 6.42 Å². The van der Waals surface area contributed by atoms with Crippen LogP contribution in [0.3, 0.4) is 0 Å². The zero-order chi connectivity index (χ0) is 22.0. The number of anilines is 1. The Balaban J connectivity index is 1.54. The maximum Gasteiger partial charge on any atom is 0.308 e. The zero-order valence-corrected chi connectivity index (χ0v) is 18.0.